The van der Waals surface area contributed by atoms with Crippen molar-refractivity contribution in [3.05, 3.63) is 101 Å². The number of nitrogens with one attached hydrogen (secondary N) is 1. The zero-order chi connectivity index (χ0) is 26.1. The monoisotopic (exact) mass is 543 g/mol. The fourth-order valence-corrected chi connectivity index (χ4v) is 4.39. The normalized spacial score (nSPS) is 17.1. The molecular weight excluding hydrogens is 505 g/mol. The number of hydrogen-bond acceptors (Lipinski definition) is 4. The highest BCUT2D eigenvalue weighted by Crippen LogP contribution is 2.29. The highest BCUT2D eigenvalue weighted by molar-refractivity contribution is 6.40. The average Bonchev–Trinajstić information content (AvgIpc) is 2.95. The summed E-state index contributed by atoms with van der Waals surface area (Å²) in [4.78, 5) is 0. The number of rotatable bonds is 12. The van der Waals surface area contributed by atoms with Gasteiger partial charge >= 0.3 is 0 Å². The lowest BCUT2D eigenvalue weighted by molar-refractivity contribution is 0.0106. The minimum absolute atomic E-state index is 0.174. The standard InChI is InChI=1S/C30H37NO3.CH2Cl2/c1-2-24-9-11-26(12-10-24)23-34-30-21-31-18-17-29(30)27-13-15-28(16-14-27)33-20-6-19-32-22-25-7-4-3-5-8-25;2-1-3/h3-5,7-16,29-31H,2,6,17-23H2,1H3;1H2. The second-order valence-electron chi connectivity index (χ2n) is 9.03. The third-order valence-corrected chi connectivity index (χ3v) is 6.44. The molecule has 3 aromatic rings. The molecule has 37 heavy (non-hydrogen) atoms. The first-order valence-electron chi connectivity index (χ1n) is 13.1. The van der Waals surface area contributed by atoms with Gasteiger partial charge in [0.05, 0.1) is 37.9 Å². The van der Waals surface area contributed by atoms with Gasteiger partial charge in [-0.1, -0.05) is 73.7 Å². The van der Waals surface area contributed by atoms with E-state index in [4.69, 9.17) is 37.4 Å². The average molecular weight is 545 g/mol. The van der Waals surface area contributed by atoms with E-state index in [1.807, 2.05) is 18.2 Å². The van der Waals surface area contributed by atoms with Crippen LogP contribution in [0.1, 0.15) is 47.9 Å². The predicted molar refractivity (Wildman–Crippen MR) is 154 cm³/mol. The molecule has 1 N–H and O–H groups in total. The van der Waals surface area contributed by atoms with Gasteiger partial charge in [-0.15, -0.1) is 23.2 Å². The predicted octanol–water partition coefficient (Wildman–Crippen LogP) is 7.32. The van der Waals surface area contributed by atoms with Crippen molar-refractivity contribution in [2.75, 3.05) is 31.6 Å². The van der Waals surface area contributed by atoms with Crippen molar-refractivity contribution in [1.29, 1.82) is 0 Å². The summed E-state index contributed by atoms with van der Waals surface area (Å²) in [6.45, 7) is 6.75. The first-order valence-corrected chi connectivity index (χ1v) is 14.2. The molecule has 1 saturated heterocycles. The maximum Gasteiger partial charge on any atom is 0.119 e. The fraction of sp³-hybridized carbons (Fsp3) is 0.419. The van der Waals surface area contributed by atoms with E-state index >= 15 is 0 Å². The SMILES string of the molecule is CCc1ccc(COC2CNCCC2c2ccc(OCCCOCc3ccccc3)cc2)cc1.ClCCl. The van der Waals surface area contributed by atoms with Gasteiger partial charge in [-0.05, 0) is 53.8 Å². The summed E-state index contributed by atoms with van der Waals surface area (Å²) in [5, 5.41) is 3.69. The smallest absolute Gasteiger partial charge is 0.119 e. The van der Waals surface area contributed by atoms with E-state index in [9.17, 15) is 0 Å². The number of piperidine rings is 1. The summed E-state index contributed by atoms with van der Waals surface area (Å²) in [7, 11) is 0. The highest BCUT2D eigenvalue weighted by atomic mass is 35.5. The summed E-state index contributed by atoms with van der Waals surface area (Å²) in [5.74, 6) is 1.31. The second kappa shape index (κ2) is 17.4. The quantitative estimate of drug-likeness (QED) is 0.192. The fourth-order valence-electron chi connectivity index (χ4n) is 4.39. The van der Waals surface area contributed by atoms with E-state index in [1.54, 1.807) is 0 Å². The molecule has 0 bridgehead atoms. The van der Waals surface area contributed by atoms with Crippen molar-refractivity contribution in [2.24, 2.45) is 0 Å². The molecule has 1 fully saturated rings. The summed E-state index contributed by atoms with van der Waals surface area (Å²) < 4.78 is 18.0. The Morgan fingerprint density at radius 2 is 1.49 bits per heavy atom. The molecule has 0 spiro atoms. The number of benzene rings is 3. The van der Waals surface area contributed by atoms with Crippen LogP contribution < -0.4 is 10.1 Å². The van der Waals surface area contributed by atoms with E-state index < -0.39 is 0 Å². The first-order chi connectivity index (χ1) is 18.2. The third-order valence-electron chi connectivity index (χ3n) is 6.44. The molecule has 0 aromatic heterocycles. The van der Waals surface area contributed by atoms with E-state index in [2.05, 4.69) is 72.9 Å². The lowest BCUT2D eigenvalue weighted by Crippen LogP contribution is -2.40. The van der Waals surface area contributed by atoms with Crippen LogP contribution in [0, 0.1) is 0 Å². The second-order valence-corrected chi connectivity index (χ2v) is 9.84. The Morgan fingerprint density at radius 1 is 0.811 bits per heavy atom. The van der Waals surface area contributed by atoms with Gasteiger partial charge in [0, 0.05) is 18.9 Å². The van der Waals surface area contributed by atoms with Crippen LogP contribution in [0.5, 0.6) is 5.75 Å². The van der Waals surface area contributed by atoms with Crippen LogP contribution in [0.15, 0.2) is 78.9 Å². The molecular formula is C31H39Cl2NO3. The first kappa shape index (κ1) is 29.5. The minimum atomic E-state index is 0.174. The van der Waals surface area contributed by atoms with Crippen molar-refractivity contribution in [2.45, 2.75) is 51.4 Å². The number of halogens is 2. The van der Waals surface area contributed by atoms with Gasteiger partial charge in [0.25, 0.3) is 0 Å². The van der Waals surface area contributed by atoms with Gasteiger partial charge in [0.1, 0.15) is 5.75 Å². The van der Waals surface area contributed by atoms with Crippen LogP contribution >= 0.6 is 23.2 Å². The molecule has 6 heteroatoms. The lowest BCUT2D eigenvalue weighted by atomic mass is 9.87. The molecule has 4 nitrogen and oxygen atoms in total. The van der Waals surface area contributed by atoms with Crippen molar-refractivity contribution in [3.63, 3.8) is 0 Å². The summed E-state index contributed by atoms with van der Waals surface area (Å²) in [6, 6.07) is 27.6. The van der Waals surface area contributed by atoms with Gasteiger partial charge < -0.3 is 19.5 Å². The van der Waals surface area contributed by atoms with Gasteiger partial charge in [-0.2, -0.15) is 0 Å². The van der Waals surface area contributed by atoms with Crippen molar-refractivity contribution in [3.8, 4) is 5.75 Å². The van der Waals surface area contributed by atoms with E-state index in [1.165, 1.54) is 22.3 Å². The maximum absolute atomic E-state index is 6.37. The van der Waals surface area contributed by atoms with Gasteiger partial charge in [0.15, 0.2) is 0 Å². The molecule has 3 aromatic carbocycles. The van der Waals surface area contributed by atoms with E-state index in [0.29, 0.717) is 32.3 Å². The molecule has 4 rings (SSSR count). The zero-order valence-electron chi connectivity index (χ0n) is 21.7. The van der Waals surface area contributed by atoms with Crippen LogP contribution in [-0.2, 0) is 29.1 Å². The van der Waals surface area contributed by atoms with Crippen molar-refractivity contribution in [1.82, 2.24) is 5.32 Å². The van der Waals surface area contributed by atoms with Crippen LogP contribution in [0.4, 0.5) is 0 Å². The van der Waals surface area contributed by atoms with E-state index in [-0.39, 0.29) is 11.4 Å². The molecule has 0 saturated carbocycles. The number of aryl methyl sites for hydroxylation is 1. The van der Waals surface area contributed by atoms with Crippen LogP contribution in [0.25, 0.3) is 0 Å². The third kappa shape index (κ3) is 10.7. The van der Waals surface area contributed by atoms with Crippen LogP contribution in [-0.4, -0.2) is 37.7 Å². The Hall–Kier alpha value is -2.08. The van der Waals surface area contributed by atoms with Crippen molar-refractivity contribution >= 4 is 23.2 Å². The molecule has 1 aliphatic heterocycles. The number of ether oxygens (including phenoxy) is 3. The molecule has 200 valence electrons. The Bertz CT molecular complexity index is 984. The van der Waals surface area contributed by atoms with Gasteiger partial charge in [-0.3, -0.25) is 0 Å². The highest BCUT2D eigenvalue weighted by Gasteiger charge is 2.27. The van der Waals surface area contributed by atoms with E-state index in [0.717, 1.165) is 38.1 Å². The topological polar surface area (TPSA) is 39.7 Å². The Kier molecular flexibility index (Phi) is 13.9. The maximum atomic E-state index is 6.37. The van der Waals surface area contributed by atoms with Crippen LogP contribution in [0.3, 0.4) is 0 Å². The molecule has 2 unspecified atom stereocenters. The molecule has 2 atom stereocenters. The van der Waals surface area contributed by atoms with Crippen LogP contribution in [0.2, 0.25) is 0 Å². The van der Waals surface area contributed by atoms with Crippen molar-refractivity contribution < 1.29 is 14.2 Å². The molecule has 0 amide bonds. The lowest BCUT2D eigenvalue weighted by Gasteiger charge is -2.32. The molecule has 1 aliphatic rings. The molecule has 0 radical (unpaired) electrons. The Morgan fingerprint density at radius 3 is 2.19 bits per heavy atom. The van der Waals surface area contributed by atoms with Gasteiger partial charge in [-0.25, -0.2) is 0 Å². The summed E-state index contributed by atoms with van der Waals surface area (Å²) in [6.07, 6.45) is 3.20. The Balaban J connectivity index is 0.00000121. The molecule has 0 aliphatic carbocycles. The minimum Gasteiger partial charge on any atom is -0.494 e. The summed E-state index contributed by atoms with van der Waals surface area (Å²) in [5.41, 5.74) is 5.13. The number of hydrogen-bond donors (Lipinski definition) is 1. The Labute approximate surface area is 232 Å². The number of alkyl halides is 2. The zero-order valence-corrected chi connectivity index (χ0v) is 23.2. The molecule has 1 heterocycles. The van der Waals surface area contributed by atoms with Gasteiger partial charge in [0.2, 0.25) is 0 Å². The largest absolute Gasteiger partial charge is 0.494 e. The summed E-state index contributed by atoms with van der Waals surface area (Å²) >= 11 is 9.53.